The van der Waals surface area contributed by atoms with Crippen LogP contribution in [0.25, 0.3) is 0 Å². The lowest BCUT2D eigenvalue weighted by Gasteiger charge is -2.29. The average molecular weight is 351 g/mol. The van der Waals surface area contributed by atoms with Crippen LogP contribution in [-0.2, 0) is 11.2 Å². The zero-order valence-electron chi connectivity index (χ0n) is 15.5. The molecule has 0 aliphatic rings. The van der Waals surface area contributed by atoms with E-state index in [9.17, 15) is 20.1 Å². The fourth-order valence-corrected chi connectivity index (χ4v) is 2.94. The smallest absolute Gasteiger partial charge is 0.219 e. The normalized spacial score (nSPS) is 14.8. The molecule has 1 aromatic carbocycles. The van der Waals surface area contributed by atoms with Crippen molar-refractivity contribution in [1.29, 1.82) is 0 Å². The lowest BCUT2D eigenvalue weighted by atomic mass is 9.97. The standard InChI is InChI=1S/C20H33NO4/c1-3-4-5-6-7-8-9-17-10-12-18(13-11-17)19(24)14-20(25,15-22)21-16(2)23/h10-13,19,22,24-25H,3-9,14-15H2,1-2H3,(H,21,23). The minimum Gasteiger partial charge on any atom is -0.391 e. The molecule has 0 fully saturated rings. The van der Waals surface area contributed by atoms with Gasteiger partial charge in [0.05, 0.1) is 12.7 Å². The largest absolute Gasteiger partial charge is 0.391 e. The number of carbonyl (C=O) groups is 1. The third-order valence-corrected chi connectivity index (χ3v) is 4.38. The highest BCUT2D eigenvalue weighted by atomic mass is 16.4. The van der Waals surface area contributed by atoms with Crippen LogP contribution in [0.4, 0.5) is 0 Å². The van der Waals surface area contributed by atoms with Crippen LogP contribution in [0.2, 0.25) is 0 Å². The van der Waals surface area contributed by atoms with Gasteiger partial charge in [0.15, 0.2) is 5.72 Å². The van der Waals surface area contributed by atoms with Gasteiger partial charge < -0.3 is 20.6 Å². The molecule has 142 valence electrons. The van der Waals surface area contributed by atoms with Gasteiger partial charge in [-0.1, -0.05) is 63.3 Å². The number of aryl methyl sites for hydroxylation is 1. The number of carbonyl (C=O) groups excluding carboxylic acids is 1. The quantitative estimate of drug-likeness (QED) is 0.344. The monoisotopic (exact) mass is 351 g/mol. The highest BCUT2D eigenvalue weighted by Gasteiger charge is 2.30. The summed E-state index contributed by atoms with van der Waals surface area (Å²) in [6.45, 7) is 2.82. The average Bonchev–Trinajstić information content (AvgIpc) is 2.57. The minimum atomic E-state index is -1.82. The Balaban J connectivity index is 2.47. The van der Waals surface area contributed by atoms with Gasteiger partial charge in [0, 0.05) is 13.3 Å². The van der Waals surface area contributed by atoms with Crippen LogP contribution in [0.3, 0.4) is 0 Å². The van der Waals surface area contributed by atoms with Crippen molar-refractivity contribution >= 4 is 5.91 Å². The van der Waals surface area contributed by atoms with Gasteiger partial charge in [-0.25, -0.2) is 0 Å². The summed E-state index contributed by atoms with van der Waals surface area (Å²) in [6, 6.07) is 7.65. The summed E-state index contributed by atoms with van der Waals surface area (Å²) in [5, 5.41) is 32.0. The first-order valence-corrected chi connectivity index (χ1v) is 9.29. The van der Waals surface area contributed by atoms with Crippen molar-refractivity contribution in [3.05, 3.63) is 35.4 Å². The molecule has 5 heteroatoms. The van der Waals surface area contributed by atoms with E-state index in [2.05, 4.69) is 12.2 Å². The van der Waals surface area contributed by atoms with Crippen LogP contribution in [0.5, 0.6) is 0 Å². The van der Waals surface area contributed by atoms with Crippen molar-refractivity contribution in [2.24, 2.45) is 0 Å². The number of aliphatic hydroxyl groups is 3. The Hall–Kier alpha value is -1.43. The van der Waals surface area contributed by atoms with E-state index in [1.807, 2.05) is 24.3 Å². The zero-order chi connectivity index (χ0) is 18.7. The molecule has 1 amide bonds. The molecule has 0 aliphatic carbocycles. The first-order valence-electron chi connectivity index (χ1n) is 9.29. The molecule has 0 bridgehead atoms. The Morgan fingerprint density at radius 2 is 1.72 bits per heavy atom. The Kier molecular flexibility index (Phi) is 9.71. The number of aliphatic hydroxyl groups excluding tert-OH is 2. The topological polar surface area (TPSA) is 89.8 Å². The molecule has 25 heavy (non-hydrogen) atoms. The summed E-state index contributed by atoms with van der Waals surface area (Å²) in [4.78, 5) is 11.1. The van der Waals surface area contributed by atoms with Crippen molar-refractivity contribution in [2.45, 2.75) is 77.0 Å². The van der Waals surface area contributed by atoms with Crippen LogP contribution in [0.15, 0.2) is 24.3 Å². The summed E-state index contributed by atoms with van der Waals surface area (Å²) in [6.07, 6.45) is 7.46. The van der Waals surface area contributed by atoms with Crippen molar-refractivity contribution in [2.75, 3.05) is 6.61 Å². The zero-order valence-corrected chi connectivity index (χ0v) is 15.5. The van der Waals surface area contributed by atoms with Gasteiger partial charge in [0.2, 0.25) is 5.91 Å². The van der Waals surface area contributed by atoms with Gasteiger partial charge in [0.1, 0.15) is 0 Å². The second-order valence-corrected chi connectivity index (χ2v) is 6.85. The summed E-state index contributed by atoms with van der Waals surface area (Å²) < 4.78 is 0. The SMILES string of the molecule is CCCCCCCCc1ccc(C(O)CC(O)(CO)NC(C)=O)cc1. The number of nitrogens with one attached hydrogen (secondary N) is 1. The van der Waals surface area contributed by atoms with E-state index >= 15 is 0 Å². The third-order valence-electron chi connectivity index (χ3n) is 4.38. The Morgan fingerprint density at radius 3 is 2.28 bits per heavy atom. The molecule has 0 saturated carbocycles. The predicted octanol–water partition coefficient (Wildman–Crippen LogP) is 2.83. The van der Waals surface area contributed by atoms with Crippen molar-refractivity contribution < 1.29 is 20.1 Å². The predicted molar refractivity (Wildman–Crippen MR) is 99.0 cm³/mol. The van der Waals surface area contributed by atoms with Crippen LogP contribution in [0, 0.1) is 0 Å². The fraction of sp³-hybridized carbons (Fsp3) is 0.650. The molecule has 0 saturated heterocycles. The molecule has 0 radical (unpaired) electrons. The molecule has 2 atom stereocenters. The molecule has 2 unspecified atom stereocenters. The van der Waals surface area contributed by atoms with Gasteiger partial charge in [-0.3, -0.25) is 4.79 Å². The van der Waals surface area contributed by atoms with E-state index in [1.165, 1.54) is 51.0 Å². The Labute approximate surface area is 151 Å². The van der Waals surface area contributed by atoms with Crippen LogP contribution >= 0.6 is 0 Å². The number of hydrogen-bond acceptors (Lipinski definition) is 4. The number of benzene rings is 1. The van der Waals surface area contributed by atoms with Gasteiger partial charge >= 0.3 is 0 Å². The molecule has 4 N–H and O–H groups in total. The van der Waals surface area contributed by atoms with E-state index in [0.29, 0.717) is 5.56 Å². The molecule has 5 nitrogen and oxygen atoms in total. The van der Waals surface area contributed by atoms with E-state index in [4.69, 9.17) is 0 Å². The summed E-state index contributed by atoms with van der Waals surface area (Å²) in [5.74, 6) is -0.460. The van der Waals surface area contributed by atoms with Crippen molar-refractivity contribution in [1.82, 2.24) is 5.32 Å². The number of rotatable bonds is 12. The molecule has 0 spiro atoms. The molecule has 0 aromatic heterocycles. The molecular formula is C20H33NO4. The number of amides is 1. The van der Waals surface area contributed by atoms with Crippen molar-refractivity contribution in [3.63, 3.8) is 0 Å². The maximum absolute atomic E-state index is 11.1. The van der Waals surface area contributed by atoms with E-state index in [-0.39, 0.29) is 6.42 Å². The van der Waals surface area contributed by atoms with E-state index < -0.39 is 24.3 Å². The Morgan fingerprint density at radius 1 is 1.12 bits per heavy atom. The van der Waals surface area contributed by atoms with E-state index in [0.717, 1.165) is 6.42 Å². The molecule has 1 rings (SSSR count). The van der Waals surface area contributed by atoms with Gasteiger partial charge in [-0.2, -0.15) is 0 Å². The van der Waals surface area contributed by atoms with Gasteiger partial charge in [-0.05, 0) is 24.0 Å². The highest BCUT2D eigenvalue weighted by molar-refractivity contribution is 5.73. The number of hydrogen-bond donors (Lipinski definition) is 4. The molecule has 0 aliphatic heterocycles. The first-order chi connectivity index (χ1) is 11.9. The van der Waals surface area contributed by atoms with E-state index in [1.54, 1.807) is 0 Å². The minimum absolute atomic E-state index is 0.167. The second-order valence-electron chi connectivity index (χ2n) is 6.85. The lowest BCUT2D eigenvalue weighted by Crippen LogP contribution is -2.51. The van der Waals surface area contributed by atoms with Crippen molar-refractivity contribution in [3.8, 4) is 0 Å². The van der Waals surface area contributed by atoms with Crippen LogP contribution in [-0.4, -0.2) is 33.6 Å². The molecule has 1 aromatic rings. The molecule has 0 heterocycles. The lowest BCUT2D eigenvalue weighted by molar-refractivity contribution is -0.133. The summed E-state index contributed by atoms with van der Waals surface area (Å²) in [7, 11) is 0. The summed E-state index contributed by atoms with van der Waals surface area (Å²) in [5.41, 5.74) is 0.0669. The van der Waals surface area contributed by atoms with Gasteiger partial charge in [0.25, 0.3) is 0 Å². The summed E-state index contributed by atoms with van der Waals surface area (Å²) >= 11 is 0. The van der Waals surface area contributed by atoms with Gasteiger partial charge in [-0.15, -0.1) is 0 Å². The third kappa shape index (κ3) is 8.47. The van der Waals surface area contributed by atoms with Crippen LogP contribution < -0.4 is 5.32 Å². The first kappa shape index (κ1) is 21.6. The Bertz CT molecular complexity index is 503. The second kappa shape index (κ2) is 11.2. The maximum Gasteiger partial charge on any atom is 0.219 e. The molecular weight excluding hydrogens is 318 g/mol. The fourth-order valence-electron chi connectivity index (χ4n) is 2.94. The maximum atomic E-state index is 11.1. The number of unbranched alkanes of at least 4 members (excludes halogenated alkanes) is 5. The highest BCUT2D eigenvalue weighted by Crippen LogP contribution is 2.23. The van der Waals surface area contributed by atoms with Crippen LogP contribution in [0.1, 0.15) is 76.0 Å².